The summed E-state index contributed by atoms with van der Waals surface area (Å²) in [5.74, 6) is 0.484. The average molecular weight is 216 g/mol. The highest BCUT2D eigenvalue weighted by molar-refractivity contribution is 6.04. The predicted octanol–water partition coefficient (Wildman–Crippen LogP) is 0.998. The molecular weight excluding hydrogens is 204 g/mol. The summed E-state index contributed by atoms with van der Waals surface area (Å²) in [7, 11) is 0. The summed E-state index contributed by atoms with van der Waals surface area (Å²) in [5.41, 5.74) is 1.25. The molecule has 0 spiro atoms. The van der Waals surface area contributed by atoms with Crippen LogP contribution in [0.25, 0.3) is 0 Å². The van der Waals surface area contributed by atoms with Crippen LogP contribution in [-0.2, 0) is 4.79 Å². The third-order valence-electron chi connectivity index (χ3n) is 3.30. The Hall–Kier alpha value is -1.84. The molecule has 0 radical (unpaired) electrons. The molecule has 2 aliphatic rings. The van der Waals surface area contributed by atoms with Crippen LogP contribution in [0, 0.1) is 5.92 Å². The van der Waals surface area contributed by atoms with Gasteiger partial charge in [0, 0.05) is 0 Å². The molecule has 1 aromatic rings. The van der Waals surface area contributed by atoms with Crippen LogP contribution in [0.2, 0.25) is 0 Å². The molecule has 1 aliphatic heterocycles. The van der Waals surface area contributed by atoms with Gasteiger partial charge < -0.3 is 5.32 Å². The number of hydrogen-bond donors (Lipinski definition) is 2. The third kappa shape index (κ3) is 1.46. The van der Waals surface area contributed by atoms with Crippen LogP contribution in [0.3, 0.4) is 0 Å². The number of nitrogens with one attached hydrogen (secondary N) is 2. The normalized spacial score (nSPS) is 32.1. The maximum Gasteiger partial charge on any atom is 0.322 e. The van der Waals surface area contributed by atoms with Crippen molar-refractivity contribution in [2.45, 2.75) is 18.4 Å². The quantitative estimate of drug-likeness (QED) is 0.724. The van der Waals surface area contributed by atoms with Crippen LogP contribution in [0.5, 0.6) is 0 Å². The molecule has 82 valence electrons. The van der Waals surface area contributed by atoms with Crippen LogP contribution in [0.4, 0.5) is 4.79 Å². The van der Waals surface area contributed by atoms with Gasteiger partial charge in [-0.1, -0.05) is 30.3 Å². The molecule has 0 aromatic heterocycles. The lowest BCUT2D eigenvalue weighted by atomic mass is 10.1. The van der Waals surface area contributed by atoms with Crippen molar-refractivity contribution in [3.05, 3.63) is 35.9 Å². The lowest BCUT2D eigenvalue weighted by Crippen LogP contribution is -2.31. The molecule has 3 rings (SSSR count). The van der Waals surface area contributed by atoms with Gasteiger partial charge >= 0.3 is 6.03 Å². The first-order valence-corrected chi connectivity index (χ1v) is 5.42. The summed E-state index contributed by atoms with van der Waals surface area (Å²) in [6, 6.07) is 9.41. The minimum atomic E-state index is -0.367. The third-order valence-corrected chi connectivity index (χ3v) is 3.30. The Bertz CT molecular complexity index is 444. The number of hydrogen-bond acceptors (Lipinski definition) is 2. The van der Waals surface area contributed by atoms with Gasteiger partial charge in [0.25, 0.3) is 5.91 Å². The second-order valence-corrected chi connectivity index (χ2v) is 4.36. The second kappa shape index (κ2) is 3.33. The van der Waals surface area contributed by atoms with E-state index >= 15 is 0 Å². The molecule has 0 bridgehead atoms. The maximum absolute atomic E-state index is 11.4. The minimum Gasteiger partial charge on any atom is -0.326 e. The van der Waals surface area contributed by atoms with Gasteiger partial charge in [0.1, 0.15) is 6.04 Å². The number of benzene rings is 1. The van der Waals surface area contributed by atoms with Gasteiger partial charge in [0.2, 0.25) is 0 Å². The Balaban J connectivity index is 1.73. The fraction of sp³-hybridized carbons (Fsp3) is 0.333. The van der Waals surface area contributed by atoms with E-state index in [1.807, 2.05) is 18.2 Å². The van der Waals surface area contributed by atoms with Crippen molar-refractivity contribution in [1.82, 2.24) is 10.6 Å². The summed E-state index contributed by atoms with van der Waals surface area (Å²) < 4.78 is 0. The second-order valence-electron chi connectivity index (χ2n) is 4.36. The molecule has 1 saturated heterocycles. The van der Waals surface area contributed by atoms with Crippen molar-refractivity contribution < 1.29 is 9.59 Å². The summed E-state index contributed by atoms with van der Waals surface area (Å²) >= 11 is 0. The van der Waals surface area contributed by atoms with E-state index in [1.54, 1.807) is 0 Å². The molecule has 1 aromatic carbocycles. The standard InChI is InChI=1S/C12H12N2O2/c15-11-10(13-12(16)14-11)9-6-8(9)7-4-2-1-3-5-7/h1-5,8-10H,6H2,(H2,13,14,15,16). The average Bonchev–Trinajstić information content (AvgIpc) is 3.00. The monoisotopic (exact) mass is 216 g/mol. The Kier molecular flexibility index (Phi) is 1.96. The molecule has 1 aliphatic carbocycles. The molecule has 4 nitrogen and oxygen atoms in total. The van der Waals surface area contributed by atoms with Crippen LogP contribution in [-0.4, -0.2) is 18.0 Å². The van der Waals surface area contributed by atoms with E-state index in [0.717, 1.165) is 6.42 Å². The molecule has 2 fully saturated rings. The molecule has 2 N–H and O–H groups in total. The molecule has 4 heteroatoms. The fourth-order valence-electron chi connectivity index (χ4n) is 2.40. The molecule has 1 heterocycles. The largest absolute Gasteiger partial charge is 0.326 e. The van der Waals surface area contributed by atoms with Gasteiger partial charge in [-0.25, -0.2) is 4.79 Å². The van der Waals surface area contributed by atoms with E-state index in [4.69, 9.17) is 0 Å². The zero-order chi connectivity index (χ0) is 11.1. The first-order valence-electron chi connectivity index (χ1n) is 5.42. The first-order chi connectivity index (χ1) is 7.75. The number of carbonyl (C=O) groups is 2. The molecule has 3 unspecified atom stereocenters. The SMILES string of the molecule is O=C1NC(=O)C(C2CC2c2ccccc2)N1. The van der Waals surface area contributed by atoms with E-state index < -0.39 is 0 Å². The fourth-order valence-corrected chi connectivity index (χ4v) is 2.40. The van der Waals surface area contributed by atoms with Crippen molar-refractivity contribution in [2.75, 3.05) is 0 Å². The summed E-state index contributed by atoms with van der Waals surface area (Å²) in [5, 5.41) is 4.94. The first kappa shape index (κ1) is 9.39. The van der Waals surface area contributed by atoms with Gasteiger partial charge in [-0.3, -0.25) is 10.1 Å². The topological polar surface area (TPSA) is 58.2 Å². The van der Waals surface area contributed by atoms with Gasteiger partial charge in [0.05, 0.1) is 0 Å². The lowest BCUT2D eigenvalue weighted by Gasteiger charge is -2.05. The number of carbonyl (C=O) groups excluding carboxylic acids is 2. The van der Waals surface area contributed by atoms with Gasteiger partial charge in [-0.15, -0.1) is 0 Å². The van der Waals surface area contributed by atoms with Crippen LogP contribution < -0.4 is 10.6 Å². The summed E-state index contributed by atoms with van der Waals surface area (Å²) in [6.07, 6.45) is 0.975. The number of imide groups is 1. The van der Waals surface area contributed by atoms with Crippen LogP contribution in [0.15, 0.2) is 30.3 Å². The van der Waals surface area contributed by atoms with Crippen LogP contribution >= 0.6 is 0 Å². The lowest BCUT2D eigenvalue weighted by molar-refractivity contribution is -0.120. The number of urea groups is 1. The van der Waals surface area contributed by atoms with Gasteiger partial charge in [-0.2, -0.15) is 0 Å². The molecule has 3 amide bonds. The highest BCUT2D eigenvalue weighted by Gasteiger charge is 2.49. The van der Waals surface area contributed by atoms with Crippen molar-refractivity contribution in [1.29, 1.82) is 0 Å². The molecule has 1 saturated carbocycles. The van der Waals surface area contributed by atoms with E-state index in [-0.39, 0.29) is 23.9 Å². The molecular formula is C12H12N2O2. The summed E-state index contributed by atoms with van der Waals surface area (Å²) in [6.45, 7) is 0. The van der Waals surface area contributed by atoms with E-state index in [1.165, 1.54) is 5.56 Å². The van der Waals surface area contributed by atoms with E-state index in [2.05, 4.69) is 22.8 Å². The summed E-state index contributed by atoms with van der Waals surface area (Å²) in [4.78, 5) is 22.4. The predicted molar refractivity (Wildman–Crippen MR) is 57.8 cm³/mol. The maximum atomic E-state index is 11.4. The Labute approximate surface area is 93.0 Å². The molecule has 3 atom stereocenters. The highest BCUT2D eigenvalue weighted by Crippen LogP contribution is 2.49. The van der Waals surface area contributed by atoms with Gasteiger partial charge in [-0.05, 0) is 23.8 Å². The van der Waals surface area contributed by atoms with E-state index in [0.29, 0.717) is 5.92 Å². The number of rotatable bonds is 2. The Morgan fingerprint density at radius 2 is 1.88 bits per heavy atom. The van der Waals surface area contributed by atoms with E-state index in [9.17, 15) is 9.59 Å². The number of amides is 3. The van der Waals surface area contributed by atoms with Crippen LogP contribution in [0.1, 0.15) is 17.9 Å². The highest BCUT2D eigenvalue weighted by atomic mass is 16.2. The van der Waals surface area contributed by atoms with Gasteiger partial charge in [0.15, 0.2) is 0 Å². The van der Waals surface area contributed by atoms with Crippen molar-refractivity contribution in [3.63, 3.8) is 0 Å². The Morgan fingerprint density at radius 3 is 2.50 bits per heavy atom. The zero-order valence-corrected chi connectivity index (χ0v) is 8.64. The van der Waals surface area contributed by atoms with Crippen molar-refractivity contribution in [2.24, 2.45) is 5.92 Å². The van der Waals surface area contributed by atoms with Crippen molar-refractivity contribution >= 4 is 11.9 Å². The Morgan fingerprint density at radius 1 is 1.12 bits per heavy atom. The molecule has 16 heavy (non-hydrogen) atoms. The zero-order valence-electron chi connectivity index (χ0n) is 8.64. The minimum absolute atomic E-state index is 0.187. The van der Waals surface area contributed by atoms with Crippen molar-refractivity contribution in [3.8, 4) is 0 Å². The smallest absolute Gasteiger partial charge is 0.322 e.